The largest absolute Gasteiger partial charge is 0.399 e. The summed E-state index contributed by atoms with van der Waals surface area (Å²) in [5, 5.41) is 0. The molecule has 76 valence electrons. The molecule has 0 spiro atoms. The first kappa shape index (κ1) is 10.1. The molecule has 2 aromatic rings. The predicted molar refractivity (Wildman–Crippen MR) is 61.7 cm³/mol. The second kappa shape index (κ2) is 3.98. The van der Waals surface area contributed by atoms with Gasteiger partial charge in [0.25, 0.3) is 0 Å². The minimum atomic E-state index is -0.332. The van der Waals surface area contributed by atoms with Crippen molar-refractivity contribution in [3.8, 4) is 11.1 Å². The maximum absolute atomic E-state index is 13.6. The predicted octanol–water partition coefficient (Wildman–Crippen LogP) is 3.23. The number of hydrogen-bond acceptors (Lipinski definition) is 2. The number of halogens is 2. The molecule has 0 atom stereocenters. The van der Waals surface area contributed by atoms with Crippen LogP contribution in [0.15, 0.2) is 41.1 Å². The minimum Gasteiger partial charge on any atom is -0.399 e. The average Bonchev–Trinajstić information content (AvgIpc) is 2.20. The van der Waals surface area contributed by atoms with E-state index in [9.17, 15) is 4.39 Å². The summed E-state index contributed by atoms with van der Waals surface area (Å²) in [4.78, 5) is 3.92. The maximum Gasteiger partial charge on any atom is 0.133 e. The smallest absolute Gasteiger partial charge is 0.133 e. The van der Waals surface area contributed by atoms with Crippen LogP contribution in [0.3, 0.4) is 0 Å². The van der Waals surface area contributed by atoms with Crippen LogP contribution in [-0.4, -0.2) is 4.98 Å². The monoisotopic (exact) mass is 266 g/mol. The summed E-state index contributed by atoms with van der Waals surface area (Å²) in [5.41, 5.74) is 7.18. The Morgan fingerprint density at radius 3 is 2.67 bits per heavy atom. The van der Waals surface area contributed by atoms with Crippen molar-refractivity contribution in [1.29, 1.82) is 0 Å². The van der Waals surface area contributed by atoms with Crippen LogP contribution in [0.4, 0.5) is 10.1 Å². The van der Waals surface area contributed by atoms with E-state index in [2.05, 4.69) is 20.9 Å². The van der Waals surface area contributed by atoms with E-state index in [1.54, 1.807) is 30.6 Å². The van der Waals surface area contributed by atoms with E-state index in [4.69, 9.17) is 5.73 Å². The van der Waals surface area contributed by atoms with E-state index in [0.29, 0.717) is 11.3 Å². The highest BCUT2D eigenvalue weighted by Crippen LogP contribution is 2.29. The van der Waals surface area contributed by atoms with Crippen LogP contribution in [0.1, 0.15) is 0 Å². The number of hydrogen-bond donors (Lipinski definition) is 1. The molecule has 0 radical (unpaired) electrons. The molecule has 0 aliphatic carbocycles. The standard InChI is InChI=1S/C11H8BrFN2/c12-10-6-15-4-3-8(10)9-2-1-7(14)5-11(9)13/h1-6H,14H2. The maximum atomic E-state index is 13.6. The molecule has 0 saturated carbocycles. The van der Waals surface area contributed by atoms with E-state index in [1.807, 2.05) is 0 Å². The molecule has 0 saturated heterocycles. The molecule has 0 bridgehead atoms. The number of nitrogen functional groups attached to an aromatic ring is 1. The van der Waals surface area contributed by atoms with Crippen molar-refractivity contribution in [3.63, 3.8) is 0 Å². The van der Waals surface area contributed by atoms with Gasteiger partial charge in [-0.25, -0.2) is 4.39 Å². The third-order valence-corrected chi connectivity index (χ3v) is 2.69. The van der Waals surface area contributed by atoms with Gasteiger partial charge in [0.1, 0.15) is 5.82 Å². The van der Waals surface area contributed by atoms with Crippen molar-refractivity contribution in [2.45, 2.75) is 0 Å². The lowest BCUT2D eigenvalue weighted by molar-refractivity contribution is 0.632. The van der Waals surface area contributed by atoms with Crippen LogP contribution in [-0.2, 0) is 0 Å². The fourth-order valence-electron chi connectivity index (χ4n) is 1.34. The molecule has 0 amide bonds. The van der Waals surface area contributed by atoms with Gasteiger partial charge in [0.05, 0.1) is 0 Å². The first-order valence-electron chi connectivity index (χ1n) is 4.33. The lowest BCUT2D eigenvalue weighted by Crippen LogP contribution is -1.90. The molecule has 1 heterocycles. The molecular formula is C11H8BrFN2. The Balaban J connectivity index is 2.60. The summed E-state index contributed by atoms with van der Waals surface area (Å²) in [6.45, 7) is 0. The zero-order valence-electron chi connectivity index (χ0n) is 7.74. The molecule has 2 rings (SSSR count). The summed E-state index contributed by atoms with van der Waals surface area (Å²) < 4.78 is 14.4. The van der Waals surface area contributed by atoms with Gasteiger partial charge in [-0.15, -0.1) is 0 Å². The number of rotatable bonds is 1. The van der Waals surface area contributed by atoms with Crippen molar-refractivity contribution >= 4 is 21.6 Å². The zero-order chi connectivity index (χ0) is 10.8. The molecule has 2 nitrogen and oxygen atoms in total. The number of anilines is 1. The van der Waals surface area contributed by atoms with Gasteiger partial charge >= 0.3 is 0 Å². The second-order valence-corrected chi connectivity index (χ2v) is 3.95. The zero-order valence-corrected chi connectivity index (χ0v) is 9.33. The van der Waals surface area contributed by atoms with Gasteiger partial charge < -0.3 is 5.73 Å². The van der Waals surface area contributed by atoms with Crippen LogP contribution in [0, 0.1) is 5.82 Å². The molecule has 0 aliphatic rings. The Labute approximate surface area is 95.1 Å². The Kier molecular flexibility index (Phi) is 2.68. The van der Waals surface area contributed by atoms with Crippen molar-refractivity contribution in [3.05, 3.63) is 46.9 Å². The van der Waals surface area contributed by atoms with Gasteiger partial charge in [-0.2, -0.15) is 0 Å². The molecule has 0 aliphatic heterocycles. The topological polar surface area (TPSA) is 38.9 Å². The Hall–Kier alpha value is -1.42. The van der Waals surface area contributed by atoms with Crippen molar-refractivity contribution in [1.82, 2.24) is 4.98 Å². The van der Waals surface area contributed by atoms with Gasteiger partial charge in [0.2, 0.25) is 0 Å². The minimum absolute atomic E-state index is 0.332. The molecule has 0 unspecified atom stereocenters. The van der Waals surface area contributed by atoms with Crippen LogP contribution in [0.2, 0.25) is 0 Å². The van der Waals surface area contributed by atoms with Gasteiger partial charge in [-0.1, -0.05) is 0 Å². The number of aromatic nitrogens is 1. The molecule has 2 N–H and O–H groups in total. The molecule has 15 heavy (non-hydrogen) atoms. The van der Waals surface area contributed by atoms with E-state index in [-0.39, 0.29) is 5.82 Å². The highest BCUT2D eigenvalue weighted by atomic mass is 79.9. The van der Waals surface area contributed by atoms with Crippen molar-refractivity contribution < 1.29 is 4.39 Å². The number of nitrogens with zero attached hydrogens (tertiary/aromatic N) is 1. The van der Waals surface area contributed by atoms with Gasteiger partial charge in [-0.05, 0) is 40.2 Å². The highest BCUT2D eigenvalue weighted by molar-refractivity contribution is 9.10. The van der Waals surface area contributed by atoms with E-state index < -0.39 is 0 Å². The Morgan fingerprint density at radius 1 is 1.20 bits per heavy atom. The summed E-state index contributed by atoms with van der Waals surface area (Å²) >= 11 is 3.33. The van der Waals surface area contributed by atoms with Crippen molar-refractivity contribution in [2.75, 3.05) is 5.73 Å². The molecule has 1 aromatic carbocycles. The quantitative estimate of drug-likeness (QED) is 0.805. The van der Waals surface area contributed by atoms with E-state index >= 15 is 0 Å². The van der Waals surface area contributed by atoms with Gasteiger partial charge in [-0.3, -0.25) is 4.98 Å². The van der Waals surface area contributed by atoms with E-state index in [0.717, 1.165) is 10.0 Å². The van der Waals surface area contributed by atoms with E-state index in [1.165, 1.54) is 6.07 Å². The lowest BCUT2D eigenvalue weighted by Gasteiger charge is -2.05. The first-order valence-corrected chi connectivity index (χ1v) is 5.12. The molecular weight excluding hydrogens is 259 g/mol. The molecule has 0 fully saturated rings. The summed E-state index contributed by atoms with van der Waals surface area (Å²) in [7, 11) is 0. The number of nitrogens with two attached hydrogens (primary N) is 1. The molecule has 1 aromatic heterocycles. The normalized spacial score (nSPS) is 10.3. The Bertz CT molecular complexity index is 500. The van der Waals surface area contributed by atoms with Crippen LogP contribution in [0.5, 0.6) is 0 Å². The fraction of sp³-hybridized carbons (Fsp3) is 0. The van der Waals surface area contributed by atoms with Crippen LogP contribution < -0.4 is 5.73 Å². The second-order valence-electron chi connectivity index (χ2n) is 3.09. The number of pyridine rings is 1. The summed E-state index contributed by atoms with van der Waals surface area (Å²) in [5.74, 6) is -0.332. The first-order chi connectivity index (χ1) is 7.18. The third kappa shape index (κ3) is 1.99. The van der Waals surface area contributed by atoms with Gasteiger partial charge in [0.15, 0.2) is 0 Å². The Morgan fingerprint density at radius 2 is 2.00 bits per heavy atom. The highest BCUT2D eigenvalue weighted by Gasteiger charge is 2.08. The number of benzene rings is 1. The SMILES string of the molecule is Nc1ccc(-c2ccncc2Br)c(F)c1. The third-order valence-electron chi connectivity index (χ3n) is 2.06. The van der Waals surface area contributed by atoms with Crippen molar-refractivity contribution in [2.24, 2.45) is 0 Å². The molecule has 4 heteroatoms. The van der Waals surface area contributed by atoms with Gasteiger partial charge in [0, 0.05) is 33.7 Å². The summed E-state index contributed by atoms with van der Waals surface area (Å²) in [6, 6.07) is 6.39. The van der Waals surface area contributed by atoms with Crippen LogP contribution in [0.25, 0.3) is 11.1 Å². The average molecular weight is 267 g/mol. The fourth-order valence-corrected chi connectivity index (χ4v) is 1.81. The van der Waals surface area contributed by atoms with Crippen LogP contribution >= 0.6 is 15.9 Å². The summed E-state index contributed by atoms with van der Waals surface area (Å²) in [6.07, 6.45) is 3.25. The lowest BCUT2D eigenvalue weighted by atomic mass is 10.1.